The zero-order chi connectivity index (χ0) is 13.3. The van der Waals surface area contributed by atoms with Gasteiger partial charge in [-0.2, -0.15) is 5.10 Å². The molecule has 1 aliphatic heterocycles. The minimum atomic E-state index is -0.119. The van der Waals surface area contributed by atoms with E-state index in [0.29, 0.717) is 31.1 Å². The number of amides is 1. The van der Waals surface area contributed by atoms with Crippen LogP contribution < -0.4 is 5.73 Å². The molecule has 1 unspecified atom stereocenters. The van der Waals surface area contributed by atoms with Crippen molar-refractivity contribution in [3.8, 4) is 0 Å². The van der Waals surface area contributed by atoms with E-state index in [2.05, 4.69) is 10.2 Å². The summed E-state index contributed by atoms with van der Waals surface area (Å²) in [5, 5.41) is 6.92. The predicted molar refractivity (Wildman–Crippen MR) is 68.4 cm³/mol. The molecule has 6 nitrogen and oxygen atoms in total. The van der Waals surface area contributed by atoms with Gasteiger partial charge < -0.3 is 15.4 Å². The van der Waals surface area contributed by atoms with Gasteiger partial charge in [0.05, 0.1) is 30.6 Å². The topological polar surface area (TPSA) is 84.2 Å². The van der Waals surface area contributed by atoms with Crippen LogP contribution in [0.5, 0.6) is 0 Å². The molecule has 3 N–H and O–H groups in total. The van der Waals surface area contributed by atoms with Crippen LogP contribution in [0.15, 0.2) is 0 Å². The van der Waals surface area contributed by atoms with Crippen molar-refractivity contribution < 1.29 is 9.53 Å². The highest BCUT2D eigenvalue weighted by Gasteiger charge is 2.28. The van der Waals surface area contributed by atoms with Gasteiger partial charge in [0.2, 0.25) is 0 Å². The number of anilines is 1. The molecule has 0 bridgehead atoms. The number of H-pyrrole nitrogens is 1. The minimum absolute atomic E-state index is 0.0600. The Morgan fingerprint density at radius 3 is 2.89 bits per heavy atom. The van der Waals surface area contributed by atoms with Gasteiger partial charge in [-0.05, 0) is 12.8 Å². The molecule has 100 valence electrons. The Kier molecular flexibility index (Phi) is 3.56. The van der Waals surface area contributed by atoms with Crippen molar-refractivity contribution in [1.29, 1.82) is 0 Å². The number of hydrogen-bond donors (Lipinski definition) is 2. The van der Waals surface area contributed by atoms with Crippen molar-refractivity contribution in [2.24, 2.45) is 0 Å². The first-order valence-corrected chi connectivity index (χ1v) is 6.24. The van der Waals surface area contributed by atoms with E-state index < -0.39 is 0 Å². The normalized spacial score (nSPS) is 20.4. The van der Waals surface area contributed by atoms with E-state index >= 15 is 0 Å². The monoisotopic (exact) mass is 252 g/mol. The quantitative estimate of drug-likeness (QED) is 0.821. The fourth-order valence-electron chi connectivity index (χ4n) is 2.13. The number of nitrogens with zero attached hydrogens (tertiary/aromatic N) is 2. The highest BCUT2D eigenvalue weighted by Crippen LogP contribution is 2.24. The Balaban J connectivity index is 2.23. The molecule has 0 radical (unpaired) electrons. The number of aromatic nitrogens is 2. The van der Waals surface area contributed by atoms with E-state index in [-0.39, 0.29) is 17.9 Å². The molecule has 1 saturated heterocycles. The molecule has 18 heavy (non-hydrogen) atoms. The predicted octanol–water partition coefficient (Wildman–Crippen LogP) is 0.976. The second-order valence-corrected chi connectivity index (χ2v) is 4.98. The van der Waals surface area contributed by atoms with E-state index in [4.69, 9.17) is 10.5 Å². The lowest BCUT2D eigenvalue weighted by Crippen LogP contribution is -2.47. The Hall–Kier alpha value is -1.56. The number of rotatable bonds is 2. The van der Waals surface area contributed by atoms with E-state index in [0.717, 1.165) is 5.69 Å². The summed E-state index contributed by atoms with van der Waals surface area (Å²) in [6, 6.07) is 0.0600. The van der Waals surface area contributed by atoms with E-state index in [9.17, 15) is 4.79 Å². The minimum Gasteiger partial charge on any atom is -0.395 e. The van der Waals surface area contributed by atoms with Gasteiger partial charge >= 0.3 is 0 Å². The molecule has 0 aliphatic carbocycles. The number of carbonyl (C=O) groups excluding carboxylic acids is 1. The Bertz CT molecular complexity index is 441. The van der Waals surface area contributed by atoms with E-state index in [1.807, 2.05) is 20.8 Å². The van der Waals surface area contributed by atoms with Gasteiger partial charge in [0.25, 0.3) is 5.91 Å². The molecule has 0 spiro atoms. The first kappa shape index (κ1) is 12.9. The Labute approximate surface area is 106 Å². The maximum absolute atomic E-state index is 12.4. The summed E-state index contributed by atoms with van der Waals surface area (Å²) in [5.74, 6) is 0.104. The van der Waals surface area contributed by atoms with E-state index in [1.54, 1.807) is 4.90 Å². The van der Waals surface area contributed by atoms with Crippen molar-refractivity contribution in [1.82, 2.24) is 15.1 Å². The summed E-state index contributed by atoms with van der Waals surface area (Å²) in [6.45, 7) is 7.70. The number of ether oxygens (including phenoxy) is 1. The molecule has 2 heterocycles. The summed E-state index contributed by atoms with van der Waals surface area (Å²) in [5.41, 5.74) is 7.60. The Morgan fingerprint density at radius 1 is 1.61 bits per heavy atom. The third-order valence-corrected chi connectivity index (χ3v) is 3.24. The van der Waals surface area contributed by atoms with Crippen molar-refractivity contribution in [3.63, 3.8) is 0 Å². The van der Waals surface area contributed by atoms with Gasteiger partial charge in [0.1, 0.15) is 0 Å². The standard InChI is InChI=1S/C12H20N4O2/c1-7(2)10-9(13)11(15-14-10)12(17)16-4-5-18-6-8(16)3/h7-8H,4-6,13H2,1-3H3,(H,14,15). The lowest BCUT2D eigenvalue weighted by molar-refractivity contribution is 0.00333. The van der Waals surface area contributed by atoms with Crippen LogP contribution in [0.3, 0.4) is 0 Å². The zero-order valence-electron chi connectivity index (χ0n) is 11.1. The van der Waals surface area contributed by atoms with Crippen molar-refractivity contribution in [3.05, 3.63) is 11.4 Å². The molecular weight excluding hydrogens is 232 g/mol. The fraction of sp³-hybridized carbons (Fsp3) is 0.667. The van der Waals surface area contributed by atoms with Gasteiger partial charge in [-0.3, -0.25) is 9.89 Å². The first-order valence-electron chi connectivity index (χ1n) is 6.24. The van der Waals surface area contributed by atoms with Crippen LogP contribution in [0.4, 0.5) is 5.69 Å². The number of hydrogen-bond acceptors (Lipinski definition) is 4. The number of carbonyl (C=O) groups is 1. The van der Waals surface area contributed by atoms with Crippen LogP contribution >= 0.6 is 0 Å². The maximum Gasteiger partial charge on any atom is 0.276 e. The average Bonchev–Trinajstić information content (AvgIpc) is 2.71. The second-order valence-electron chi connectivity index (χ2n) is 4.98. The third-order valence-electron chi connectivity index (χ3n) is 3.24. The van der Waals surface area contributed by atoms with Crippen LogP contribution in [-0.4, -0.2) is 46.8 Å². The van der Waals surface area contributed by atoms with Gasteiger partial charge in [0.15, 0.2) is 5.69 Å². The van der Waals surface area contributed by atoms with Gasteiger partial charge in [-0.1, -0.05) is 13.8 Å². The smallest absolute Gasteiger partial charge is 0.276 e. The third kappa shape index (κ3) is 2.20. The highest BCUT2D eigenvalue weighted by molar-refractivity contribution is 5.98. The van der Waals surface area contributed by atoms with Gasteiger partial charge in [-0.25, -0.2) is 0 Å². The average molecular weight is 252 g/mol. The van der Waals surface area contributed by atoms with Crippen LogP contribution in [-0.2, 0) is 4.74 Å². The summed E-state index contributed by atoms with van der Waals surface area (Å²) >= 11 is 0. The molecule has 0 saturated carbocycles. The van der Waals surface area contributed by atoms with E-state index in [1.165, 1.54) is 0 Å². The summed E-state index contributed by atoms with van der Waals surface area (Å²) in [4.78, 5) is 14.1. The lowest BCUT2D eigenvalue weighted by Gasteiger charge is -2.32. The molecule has 6 heteroatoms. The van der Waals surface area contributed by atoms with Crippen LogP contribution in [0.25, 0.3) is 0 Å². The highest BCUT2D eigenvalue weighted by atomic mass is 16.5. The van der Waals surface area contributed by atoms with Crippen LogP contribution in [0, 0.1) is 0 Å². The number of nitrogen functional groups attached to an aromatic ring is 1. The SMILES string of the molecule is CC(C)c1[nH]nc(C(=O)N2CCOCC2C)c1N. The van der Waals surface area contributed by atoms with Crippen molar-refractivity contribution >= 4 is 11.6 Å². The second kappa shape index (κ2) is 4.97. The van der Waals surface area contributed by atoms with Gasteiger partial charge in [0, 0.05) is 6.54 Å². The number of morpholine rings is 1. The molecule has 1 fully saturated rings. The molecule has 0 aromatic carbocycles. The number of nitrogens with two attached hydrogens (primary N) is 1. The van der Waals surface area contributed by atoms with Gasteiger partial charge in [-0.15, -0.1) is 0 Å². The molecule has 1 aromatic heterocycles. The molecule has 1 aliphatic rings. The van der Waals surface area contributed by atoms with Crippen molar-refractivity contribution in [2.75, 3.05) is 25.5 Å². The molecule has 1 atom stereocenters. The summed E-state index contributed by atoms with van der Waals surface area (Å²) in [7, 11) is 0. The summed E-state index contributed by atoms with van der Waals surface area (Å²) < 4.78 is 5.32. The van der Waals surface area contributed by atoms with Crippen molar-refractivity contribution in [2.45, 2.75) is 32.7 Å². The fourth-order valence-corrected chi connectivity index (χ4v) is 2.13. The molecular formula is C12H20N4O2. The maximum atomic E-state index is 12.4. The molecule has 2 rings (SSSR count). The molecule has 1 amide bonds. The zero-order valence-corrected chi connectivity index (χ0v) is 11.1. The largest absolute Gasteiger partial charge is 0.395 e. The molecule has 1 aromatic rings. The first-order chi connectivity index (χ1) is 8.52. The van der Waals surface area contributed by atoms with Crippen LogP contribution in [0.1, 0.15) is 42.9 Å². The lowest BCUT2D eigenvalue weighted by atomic mass is 10.1. The Morgan fingerprint density at radius 2 is 2.33 bits per heavy atom. The number of aromatic amines is 1. The summed E-state index contributed by atoms with van der Waals surface area (Å²) in [6.07, 6.45) is 0. The van der Waals surface area contributed by atoms with Crippen LogP contribution in [0.2, 0.25) is 0 Å². The number of nitrogens with one attached hydrogen (secondary N) is 1.